The van der Waals surface area contributed by atoms with Crippen molar-refractivity contribution in [3.63, 3.8) is 0 Å². The number of fused-ring (bicyclic) bond motifs is 1. The van der Waals surface area contributed by atoms with E-state index in [0.29, 0.717) is 5.54 Å². The average molecular weight is 153 g/mol. The van der Waals surface area contributed by atoms with Crippen LogP contribution in [0, 0.1) is 11.8 Å². The molecule has 1 saturated carbocycles. The van der Waals surface area contributed by atoms with Crippen molar-refractivity contribution in [2.45, 2.75) is 39.2 Å². The van der Waals surface area contributed by atoms with E-state index >= 15 is 0 Å². The smallest absolute Gasteiger partial charge is 0.0125 e. The Morgan fingerprint density at radius 3 is 2.45 bits per heavy atom. The summed E-state index contributed by atoms with van der Waals surface area (Å²) < 4.78 is 0. The summed E-state index contributed by atoms with van der Waals surface area (Å²) in [6.45, 7) is 9.69. The number of piperidine rings is 1. The van der Waals surface area contributed by atoms with Gasteiger partial charge in [0, 0.05) is 12.1 Å². The van der Waals surface area contributed by atoms with Crippen molar-refractivity contribution in [2.75, 3.05) is 13.1 Å². The first-order chi connectivity index (χ1) is 5.07. The maximum Gasteiger partial charge on any atom is 0.0125 e. The van der Waals surface area contributed by atoms with Gasteiger partial charge in [0.2, 0.25) is 0 Å². The van der Waals surface area contributed by atoms with Gasteiger partial charge in [-0.05, 0) is 52.0 Å². The lowest BCUT2D eigenvalue weighted by Gasteiger charge is -2.38. The van der Waals surface area contributed by atoms with Gasteiger partial charge in [-0.25, -0.2) is 0 Å². The molecule has 2 rings (SSSR count). The standard InChI is InChI=1S/C10H19N/c1-10(2,3)11-5-4-8-6-9(8)7-11/h8-9H,4-7H2,1-3H3/t8?,9-/m1/s1. The van der Waals surface area contributed by atoms with E-state index < -0.39 is 0 Å². The third kappa shape index (κ3) is 1.44. The van der Waals surface area contributed by atoms with Crippen molar-refractivity contribution < 1.29 is 0 Å². The van der Waals surface area contributed by atoms with E-state index in [0.717, 1.165) is 11.8 Å². The molecule has 0 aromatic rings. The Morgan fingerprint density at radius 1 is 1.18 bits per heavy atom. The lowest BCUT2D eigenvalue weighted by Crippen LogP contribution is -2.45. The second-order valence-corrected chi connectivity index (χ2v) is 5.16. The molecule has 0 N–H and O–H groups in total. The molecule has 1 aliphatic heterocycles. The van der Waals surface area contributed by atoms with Gasteiger partial charge in [0.15, 0.2) is 0 Å². The molecule has 11 heavy (non-hydrogen) atoms. The summed E-state index contributed by atoms with van der Waals surface area (Å²) in [6, 6.07) is 0. The fourth-order valence-electron chi connectivity index (χ4n) is 2.19. The van der Waals surface area contributed by atoms with Crippen LogP contribution in [-0.4, -0.2) is 23.5 Å². The molecule has 1 unspecified atom stereocenters. The Morgan fingerprint density at radius 2 is 1.91 bits per heavy atom. The van der Waals surface area contributed by atoms with Crippen LogP contribution in [-0.2, 0) is 0 Å². The van der Waals surface area contributed by atoms with Crippen LogP contribution in [0.2, 0.25) is 0 Å². The SMILES string of the molecule is CC(C)(C)N1CCC2C[C@@H]2C1. The number of rotatable bonds is 0. The van der Waals surface area contributed by atoms with Crippen LogP contribution >= 0.6 is 0 Å². The zero-order chi connectivity index (χ0) is 8.06. The molecule has 1 heterocycles. The van der Waals surface area contributed by atoms with Crippen LogP contribution in [0.15, 0.2) is 0 Å². The van der Waals surface area contributed by atoms with Crippen molar-refractivity contribution in [1.29, 1.82) is 0 Å². The Kier molecular flexibility index (Phi) is 1.54. The Balaban J connectivity index is 1.95. The Hall–Kier alpha value is -0.0400. The third-order valence-electron chi connectivity index (χ3n) is 3.24. The maximum absolute atomic E-state index is 2.64. The van der Waals surface area contributed by atoms with E-state index in [1.807, 2.05) is 0 Å². The van der Waals surface area contributed by atoms with Crippen molar-refractivity contribution >= 4 is 0 Å². The lowest BCUT2D eigenvalue weighted by molar-refractivity contribution is 0.105. The van der Waals surface area contributed by atoms with Crippen LogP contribution in [0.3, 0.4) is 0 Å². The summed E-state index contributed by atoms with van der Waals surface area (Å²) in [7, 11) is 0. The topological polar surface area (TPSA) is 3.24 Å². The quantitative estimate of drug-likeness (QED) is 0.515. The van der Waals surface area contributed by atoms with Crippen molar-refractivity contribution in [2.24, 2.45) is 11.8 Å². The lowest BCUT2D eigenvalue weighted by atomic mass is 10.0. The maximum atomic E-state index is 2.64. The molecular weight excluding hydrogens is 134 g/mol. The highest BCUT2D eigenvalue weighted by molar-refractivity contribution is 4.95. The number of hydrogen-bond acceptors (Lipinski definition) is 1. The third-order valence-corrected chi connectivity index (χ3v) is 3.24. The molecule has 2 atom stereocenters. The van der Waals surface area contributed by atoms with Crippen molar-refractivity contribution in [3.8, 4) is 0 Å². The van der Waals surface area contributed by atoms with E-state index in [-0.39, 0.29) is 0 Å². The summed E-state index contributed by atoms with van der Waals surface area (Å²) in [5.74, 6) is 2.19. The normalized spacial score (nSPS) is 38.5. The first kappa shape index (κ1) is 7.60. The predicted octanol–water partition coefficient (Wildman–Crippen LogP) is 2.13. The Labute approximate surface area is 69.8 Å². The van der Waals surface area contributed by atoms with E-state index in [9.17, 15) is 0 Å². The van der Waals surface area contributed by atoms with Gasteiger partial charge in [-0.2, -0.15) is 0 Å². The van der Waals surface area contributed by atoms with E-state index in [2.05, 4.69) is 25.7 Å². The molecule has 0 aromatic heterocycles. The van der Waals surface area contributed by atoms with Gasteiger partial charge in [0.1, 0.15) is 0 Å². The molecular formula is C10H19N. The molecule has 0 bridgehead atoms. The zero-order valence-corrected chi connectivity index (χ0v) is 7.93. The minimum Gasteiger partial charge on any atom is -0.298 e. The number of hydrogen-bond donors (Lipinski definition) is 0. The van der Waals surface area contributed by atoms with Gasteiger partial charge in [0.25, 0.3) is 0 Å². The molecule has 1 aliphatic carbocycles. The molecule has 0 amide bonds. The molecule has 1 saturated heterocycles. The second-order valence-electron chi connectivity index (χ2n) is 5.16. The van der Waals surface area contributed by atoms with Gasteiger partial charge in [-0.3, -0.25) is 4.90 Å². The summed E-state index contributed by atoms with van der Waals surface area (Å²) >= 11 is 0. The first-order valence-corrected chi connectivity index (χ1v) is 4.82. The second kappa shape index (κ2) is 2.22. The minimum atomic E-state index is 0.410. The predicted molar refractivity (Wildman–Crippen MR) is 47.5 cm³/mol. The van der Waals surface area contributed by atoms with Crippen LogP contribution in [0.25, 0.3) is 0 Å². The largest absolute Gasteiger partial charge is 0.298 e. The molecule has 1 nitrogen and oxygen atoms in total. The van der Waals surface area contributed by atoms with E-state index in [1.54, 1.807) is 0 Å². The molecule has 0 aromatic carbocycles. The molecule has 2 fully saturated rings. The summed E-state index contributed by atoms with van der Waals surface area (Å²) in [6.07, 6.45) is 2.98. The van der Waals surface area contributed by atoms with Gasteiger partial charge in [-0.15, -0.1) is 0 Å². The van der Waals surface area contributed by atoms with Crippen LogP contribution in [0.1, 0.15) is 33.6 Å². The average Bonchev–Trinajstić information content (AvgIpc) is 2.60. The highest BCUT2D eigenvalue weighted by atomic mass is 15.2. The fraction of sp³-hybridized carbons (Fsp3) is 1.00. The number of likely N-dealkylation sites (tertiary alicyclic amines) is 1. The molecule has 1 heteroatoms. The van der Waals surface area contributed by atoms with Gasteiger partial charge in [-0.1, -0.05) is 0 Å². The summed E-state index contributed by atoms with van der Waals surface area (Å²) in [5, 5.41) is 0. The van der Waals surface area contributed by atoms with E-state index in [4.69, 9.17) is 0 Å². The summed E-state index contributed by atoms with van der Waals surface area (Å²) in [5.41, 5.74) is 0.410. The monoisotopic (exact) mass is 153 g/mol. The van der Waals surface area contributed by atoms with Gasteiger partial charge >= 0.3 is 0 Å². The van der Waals surface area contributed by atoms with Gasteiger partial charge < -0.3 is 0 Å². The van der Waals surface area contributed by atoms with E-state index in [1.165, 1.54) is 25.9 Å². The van der Waals surface area contributed by atoms with Crippen LogP contribution < -0.4 is 0 Å². The molecule has 0 radical (unpaired) electrons. The van der Waals surface area contributed by atoms with Crippen molar-refractivity contribution in [3.05, 3.63) is 0 Å². The van der Waals surface area contributed by atoms with Crippen LogP contribution in [0.5, 0.6) is 0 Å². The van der Waals surface area contributed by atoms with Crippen LogP contribution in [0.4, 0.5) is 0 Å². The molecule has 64 valence electrons. The van der Waals surface area contributed by atoms with Gasteiger partial charge in [0.05, 0.1) is 0 Å². The molecule has 0 spiro atoms. The highest BCUT2D eigenvalue weighted by Crippen LogP contribution is 2.46. The minimum absolute atomic E-state index is 0.410. The number of nitrogens with zero attached hydrogens (tertiary/aromatic N) is 1. The van der Waals surface area contributed by atoms with Crippen molar-refractivity contribution in [1.82, 2.24) is 4.90 Å². The Bertz CT molecular complexity index is 157. The fourth-order valence-corrected chi connectivity index (χ4v) is 2.19. The summed E-state index contributed by atoms with van der Waals surface area (Å²) in [4.78, 5) is 2.64. The first-order valence-electron chi connectivity index (χ1n) is 4.82. The highest BCUT2D eigenvalue weighted by Gasteiger charge is 2.43. The molecule has 2 aliphatic rings. The zero-order valence-electron chi connectivity index (χ0n) is 7.93.